The van der Waals surface area contributed by atoms with E-state index in [0.717, 1.165) is 22.3 Å². The van der Waals surface area contributed by atoms with Gasteiger partial charge in [-0.25, -0.2) is 9.97 Å². The molecule has 2 heterocycles. The number of hydrogen-bond acceptors (Lipinski definition) is 5. The molecule has 1 aliphatic rings. The molecule has 5 heteroatoms. The zero-order valence-electron chi connectivity index (χ0n) is 12.5. The number of ether oxygens (including phenoxy) is 1. The first-order chi connectivity index (χ1) is 10.2. The number of aromatic nitrogens is 2. The Balaban J connectivity index is 1.86. The minimum Gasteiger partial charge on any atom is -0.492 e. The molecule has 1 aromatic heterocycles. The summed E-state index contributed by atoms with van der Waals surface area (Å²) in [5.41, 5.74) is 3.21. The first kappa shape index (κ1) is 14.4. The van der Waals surface area contributed by atoms with Crippen molar-refractivity contribution in [3.8, 4) is 5.75 Å². The summed E-state index contributed by atoms with van der Waals surface area (Å²) in [6.07, 6.45) is 0. The Morgan fingerprint density at radius 1 is 1.19 bits per heavy atom. The second-order valence-electron chi connectivity index (χ2n) is 5.20. The number of nitrogens with zero attached hydrogens (tertiary/aromatic N) is 2. The smallest absolute Gasteiger partial charge is 0.188 e. The molecule has 2 unspecified atom stereocenters. The lowest BCUT2D eigenvalue weighted by Gasteiger charge is -2.32. The van der Waals surface area contributed by atoms with Crippen LogP contribution in [0, 0.1) is 13.8 Å². The number of aryl methyl sites for hydroxylation is 2. The molecule has 3 rings (SSSR count). The van der Waals surface area contributed by atoms with E-state index in [1.807, 2.05) is 45.2 Å². The number of nitrogens with one attached hydrogen (secondary N) is 1. The van der Waals surface area contributed by atoms with E-state index in [0.29, 0.717) is 6.61 Å². The summed E-state index contributed by atoms with van der Waals surface area (Å²) in [6, 6.07) is 10.4. The van der Waals surface area contributed by atoms with Crippen LogP contribution >= 0.6 is 11.8 Å². The lowest BCUT2D eigenvalue weighted by molar-refractivity contribution is 0.264. The van der Waals surface area contributed by atoms with Gasteiger partial charge in [0.1, 0.15) is 12.4 Å². The molecule has 110 valence electrons. The van der Waals surface area contributed by atoms with Crippen molar-refractivity contribution in [2.75, 3.05) is 13.7 Å². The van der Waals surface area contributed by atoms with Crippen LogP contribution in [0.5, 0.6) is 5.75 Å². The zero-order valence-corrected chi connectivity index (χ0v) is 13.3. The van der Waals surface area contributed by atoms with Gasteiger partial charge in [0, 0.05) is 17.0 Å². The lowest BCUT2D eigenvalue weighted by atomic mass is 10.0. The van der Waals surface area contributed by atoms with Gasteiger partial charge in [-0.2, -0.15) is 0 Å². The second-order valence-corrected chi connectivity index (χ2v) is 6.41. The van der Waals surface area contributed by atoms with Crippen molar-refractivity contribution in [3.05, 3.63) is 47.3 Å². The van der Waals surface area contributed by atoms with Gasteiger partial charge >= 0.3 is 0 Å². The molecule has 1 aliphatic heterocycles. The maximum Gasteiger partial charge on any atom is 0.188 e. The van der Waals surface area contributed by atoms with E-state index in [-0.39, 0.29) is 11.3 Å². The molecule has 2 atom stereocenters. The summed E-state index contributed by atoms with van der Waals surface area (Å²) in [5, 5.41) is 4.48. The van der Waals surface area contributed by atoms with Crippen molar-refractivity contribution in [1.29, 1.82) is 0 Å². The number of benzene rings is 1. The molecule has 1 aromatic carbocycles. The molecule has 0 saturated carbocycles. The molecular formula is C16H19N3OS. The summed E-state index contributed by atoms with van der Waals surface area (Å²) in [6.45, 7) is 4.66. The van der Waals surface area contributed by atoms with Crippen LogP contribution in [0.4, 0.5) is 0 Å². The Bertz CT molecular complexity index is 627. The SMILES string of the molecule is CNC1c2ccccc2OCC1Sc1nc(C)cc(C)n1. The fourth-order valence-corrected chi connectivity index (χ4v) is 3.88. The van der Waals surface area contributed by atoms with Crippen LogP contribution in [-0.2, 0) is 0 Å². The van der Waals surface area contributed by atoms with E-state index < -0.39 is 0 Å². The minimum atomic E-state index is 0.240. The number of thioether (sulfide) groups is 1. The summed E-state index contributed by atoms with van der Waals surface area (Å²) in [5.74, 6) is 0.968. The third-order valence-electron chi connectivity index (χ3n) is 3.56. The van der Waals surface area contributed by atoms with E-state index >= 15 is 0 Å². The zero-order chi connectivity index (χ0) is 14.8. The van der Waals surface area contributed by atoms with Gasteiger partial charge in [-0.15, -0.1) is 0 Å². The average Bonchev–Trinajstić information content (AvgIpc) is 2.46. The topological polar surface area (TPSA) is 47.0 Å². The third kappa shape index (κ3) is 3.04. The number of fused-ring (bicyclic) bond motifs is 1. The second kappa shape index (κ2) is 6.03. The maximum atomic E-state index is 5.88. The summed E-state index contributed by atoms with van der Waals surface area (Å²) >= 11 is 1.68. The fraction of sp³-hybridized carbons (Fsp3) is 0.375. The van der Waals surface area contributed by atoms with Crippen molar-refractivity contribution < 1.29 is 4.74 Å². The van der Waals surface area contributed by atoms with Crippen molar-refractivity contribution in [2.24, 2.45) is 0 Å². The molecule has 21 heavy (non-hydrogen) atoms. The van der Waals surface area contributed by atoms with E-state index in [1.54, 1.807) is 11.8 Å². The number of hydrogen-bond donors (Lipinski definition) is 1. The van der Waals surface area contributed by atoms with Crippen LogP contribution in [0.25, 0.3) is 0 Å². The first-order valence-electron chi connectivity index (χ1n) is 7.05. The molecular weight excluding hydrogens is 282 g/mol. The van der Waals surface area contributed by atoms with Gasteiger partial charge in [-0.3, -0.25) is 0 Å². The molecule has 4 nitrogen and oxygen atoms in total. The Morgan fingerprint density at radius 3 is 2.62 bits per heavy atom. The van der Waals surface area contributed by atoms with Gasteiger partial charge in [-0.1, -0.05) is 30.0 Å². The number of rotatable bonds is 3. The van der Waals surface area contributed by atoms with Crippen molar-refractivity contribution in [1.82, 2.24) is 15.3 Å². The summed E-state index contributed by atoms with van der Waals surface area (Å²) in [4.78, 5) is 9.04. The van der Waals surface area contributed by atoms with Gasteiger partial charge in [-0.05, 0) is 33.0 Å². The van der Waals surface area contributed by atoms with Crippen LogP contribution in [0.3, 0.4) is 0 Å². The fourth-order valence-electron chi connectivity index (χ4n) is 2.66. The molecule has 0 amide bonds. The standard InChI is InChI=1S/C16H19N3OS/c1-10-8-11(2)19-16(18-10)21-14-9-20-13-7-5-4-6-12(13)15(14)17-3/h4-8,14-15,17H,9H2,1-3H3. The van der Waals surface area contributed by atoms with Gasteiger partial charge in [0.2, 0.25) is 0 Å². The molecule has 0 aliphatic carbocycles. The van der Waals surface area contributed by atoms with Crippen molar-refractivity contribution in [3.63, 3.8) is 0 Å². The Labute approximate surface area is 129 Å². The first-order valence-corrected chi connectivity index (χ1v) is 7.93. The predicted molar refractivity (Wildman–Crippen MR) is 84.9 cm³/mol. The van der Waals surface area contributed by atoms with Gasteiger partial charge in [0.15, 0.2) is 5.16 Å². The number of para-hydroxylation sites is 1. The van der Waals surface area contributed by atoms with E-state index in [1.165, 1.54) is 5.56 Å². The minimum absolute atomic E-state index is 0.240. The van der Waals surface area contributed by atoms with E-state index in [2.05, 4.69) is 21.4 Å². The summed E-state index contributed by atoms with van der Waals surface area (Å²) < 4.78 is 5.88. The maximum absolute atomic E-state index is 5.88. The summed E-state index contributed by atoms with van der Waals surface area (Å²) in [7, 11) is 1.99. The average molecular weight is 301 g/mol. The van der Waals surface area contributed by atoms with Crippen LogP contribution in [0.1, 0.15) is 23.0 Å². The highest BCUT2D eigenvalue weighted by Gasteiger charge is 2.31. The molecule has 0 spiro atoms. The highest BCUT2D eigenvalue weighted by molar-refractivity contribution is 7.99. The molecule has 0 bridgehead atoms. The van der Waals surface area contributed by atoms with Crippen molar-refractivity contribution >= 4 is 11.8 Å². The van der Waals surface area contributed by atoms with Gasteiger partial charge in [0.05, 0.1) is 11.3 Å². The van der Waals surface area contributed by atoms with Crippen LogP contribution in [0.15, 0.2) is 35.5 Å². The largest absolute Gasteiger partial charge is 0.492 e. The molecule has 2 aromatic rings. The molecule has 1 N–H and O–H groups in total. The molecule has 0 fully saturated rings. The van der Waals surface area contributed by atoms with Crippen LogP contribution in [-0.4, -0.2) is 28.9 Å². The lowest BCUT2D eigenvalue weighted by Crippen LogP contribution is -2.35. The van der Waals surface area contributed by atoms with E-state index in [4.69, 9.17) is 4.74 Å². The quantitative estimate of drug-likeness (QED) is 0.883. The Morgan fingerprint density at radius 2 is 1.90 bits per heavy atom. The van der Waals surface area contributed by atoms with Crippen molar-refractivity contribution in [2.45, 2.75) is 30.3 Å². The van der Waals surface area contributed by atoms with Crippen LogP contribution < -0.4 is 10.1 Å². The van der Waals surface area contributed by atoms with Gasteiger partial charge in [0.25, 0.3) is 0 Å². The Kier molecular flexibility index (Phi) is 4.12. The monoisotopic (exact) mass is 301 g/mol. The van der Waals surface area contributed by atoms with Gasteiger partial charge < -0.3 is 10.1 Å². The highest BCUT2D eigenvalue weighted by Crippen LogP contribution is 2.38. The van der Waals surface area contributed by atoms with E-state index in [9.17, 15) is 0 Å². The predicted octanol–water partition coefficient (Wildman–Crippen LogP) is 2.91. The third-order valence-corrected chi connectivity index (χ3v) is 4.66. The normalized spacial score (nSPS) is 20.7. The molecule has 0 radical (unpaired) electrons. The molecule has 0 saturated heterocycles. The Hall–Kier alpha value is -1.59. The highest BCUT2D eigenvalue weighted by atomic mass is 32.2. The van der Waals surface area contributed by atoms with Crippen LogP contribution in [0.2, 0.25) is 0 Å².